The van der Waals surface area contributed by atoms with E-state index >= 15 is 0 Å². The van der Waals surface area contributed by atoms with E-state index in [2.05, 4.69) is 43.5 Å². The van der Waals surface area contributed by atoms with E-state index in [4.69, 9.17) is 16.6 Å². The van der Waals surface area contributed by atoms with E-state index in [0.717, 1.165) is 23.8 Å². The van der Waals surface area contributed by atoms with Gasteiger partial charge in [0.05, 0.1) is 16.4 Å². The first-order valence-corrected chi connectivity index (χ1v) is 7.54. The van der Waals surface area contributed by atoms with Gasteiger partial charge in [0.15, 0.2) is 0 Å². The van der Waals surface area contributed by atoms with Crippen molar-refractivity contribution < 1.29 is 0 Å². The van der Waals surface area contributed by atoms with Crippen molar-refractivity contribution in [3.63, 3.8) is 0 Å². The predicted molar refractivity (Wildman–Crippen MR) is 82.8 cm³/mol. The number of hydrogen-bond acceptors (Lipinski definition) is 1. The number of fused-ring (bicyclic) bond motifs is 1. The fourth-order valence-electron chi connectivity index (χ4n) is 2.50. The highest BCUT2D eigenvalue weighted by atomic mass is 35.5. The van der Waals surface area contributed by atoms with Crippen molar-refractivity contribution in [3.8, 4) is 0 Å². The molecule has 0 amide bonds. The van der Waals surface area contributed by atoms with Crippen LogP contribution < -0.4 is 0 Å². The minimum Gasteiger partial charge on any atom is -0.327 e. The molecule has 0 saturated carbocycles. The zero-order valence-electron chi connectivity index (χ0n) is 12.3. The minimum absolute atomic E-state index is 0.0501. The van der Waals surface area contributed by atoms with Crippen LogP contribution in [0.15, 0.2) is 18.2 Å². The Labute approximate surface area is 120 Å². The number of aryl methyl sites for hydroxylation is 2. The Kier molecular flexibility index (Phi) is 4.51. The summed E-state index contributed by atoms with van der Waals surface area (Å²) in [6, 6.07) is 6.35. The van der Waals surface area contributed by atoms with Crippen LogP contribution in [0.1, 0.15) is 50.4 Å². The van der Waals surface area contributed by atoms with Crippen molar-refractivity contribution in [2.45, 2.75) is 52.5 Å². The molecule has 0 fully saturated rings. The van der Waals surface area contributed by atoms with Gasteiger partial charge in [-0.3, -0.25) is 0 Å². The maximum Gasteiger partial charge on any atom is 0.127 e. The van der Waals surface area contributed by atoms with Gasteiger partial charge in [-0.15, -0.1) is 11.6 Å². The van der Waals surface area contributed by atoms with Gasteiger partial charge < -0.3 is 4.57 Å². The summed E-state index contributed by atoms with van der Waals surface area (Å²) in [5.74, 6) is 1.74. The Morgan fingerprint density at radius 3 is 2.63 bits per heavy atom. The zero-order valence-corrected chi connectivity index (χ0v) is 13.0. The van der Waals surface area contributed by atoms with E-state index in [-0.39, 0.29) is 5.38 Å². The van der Waals surface area contributed by atoms with E-state index < -0.39 is 0 Å². The molecule has 2 nitrogen and oxygen atoms in total. The van der Waals surface area contributed by atoms with Crippen LogP contribution in [0, 0.1) is 12.8 Å². The molecule has 1 aromatic carbocycles. The van der Waals surface area contributed by atoms with E-state index in [9.17, 15) is 0 Å². The van der Waals surface area contributed by atoms with Gasteiger partial charge in [0.1, 0.15) is 5.82 Å². The standard InChI is InChI=1S/C16H23ClN2/c1-11(2)7-6-10-19-14-9-5-8-12(3)15(14)18-16(19)13(4)17/h5,8-9,11,13H,6-7,10H2,1-4H3. The van der Waals surface area contributed by atoms with Crippen LogP contribution in [0.5, 0.6) is 0 Å². The monoisotopic (exact) mass is 278 g/mol. The van der Waals surface area contributed by atoms with Crippen LogP contribution >= 0.6 is 11.6 Å². The van der Waals surface area contributed by atoms with E-state index in [1.165, 1.54) is 23.9 Å². The smallest absolute Gasteiger partial charge is 0.127 e. The topological polar surface area (TPSA) is 17.8 Å². The average molecular weight is 279 g/mol. The number of alkyl halides is 1. The Bertz CT molecular complexity index is 555. The third kappa shape index (κ3) is 3.11. The molecule has 0 spiro atoms. The highest BCUT2D eigenvalue weighted by Gasteiger charge is 2.15. The minimum atomic E-state index is -0.0501. The normalized spacial score (nSPS) is 13.4. The summed E-state index contributed by atoms with van der Waals surface area (Å²) in [5.41, 5.74) is 3.53. The first-order chi connectivity index (χ1) is 9.00. The predicted octanol–water partition coefficient (Wildman–Crippen LogP) is 5.08. The lowest BCUT2D eigenvalue weighted by Crippen LogP contribution is -2.05. The van der Waals surface area contributed by atoms with Crippen molar-refractivity contribution in [1.82, 2.24) is 9.55 Å². The number of nitrogens with zero attached hydrogens (tertiary/aromatic N) is 2. The number of imidazole rings is 1. The quantitative estimate of drug-likeness (QED) is 0.697. The summed E-state index contributed by atoms with van der Waals surface area (Å²) in [4.78, 5) is 4.74. The molecular weight excluding hydrogens is 256 g/mol. The molecule has 0 aliphatic carbocycles. The summed E-state index contributed by atoms with van der Waals surface area (Å²) in [5, 5.41) is -0.0501. The van der Waals surface area contributed by atoms with Crippen LogP contribution in [0.2, 0.25) is 0 Å². The molecule has 0 radical (unpaired) electrons. The number of benzene rings is 1. The average Bonchev–Trinajstić information content (AvgIpc) is 2.70. The first-order valence-electron chi connectivity index (χ1n) is 7.10. The molecule has 0 N–H and O–H groups in total. The van der Waals surface area contributed by atoms with Gasteiger partial charge in [-0.2, -0.15) is 0 Å². The number of hydrogen-bond donors (Lipinski definition) is 0. The molecule has 0 aliphatic heterocycles. The van der Waals surface area contributed by atoms with E-state index in [0.29, 0.717) is 0 Å². The molecule has 1 unspecified atom stereocenters. The molecule has 1 heterocycles. The van der Waals surface area contributed by atoms with Gasteiger partial charge in [-0.25, -0.2) is 4.98 Å². The molecule has 2 rings (SSSR count). The molecule has 3 heteroatoms. The molecule has 1 atom stereocenters. The number of halogens is 1. The van der Waals surface area contributed by atoms with Gasteiger partial charge in [0.2, 0.25) is 0 Å². The van der Waals surface area contributed by atoms with Crippen LogP contribution in [-0.2, 0) is 6.54 Å². The molecule has 1 aromatic heterocycles. The molecule has 0 aliphatic rings. The lowest BCUT2D eigenvalue weighted by Gasteiger charge is -2.11. The van der Waals surface area contributed by atoms with Gasteiger partial charge in [-0.1, -0.05) is 26.0 Å². The van der Waals surface area contributed by atoms with Crippen LogP contribution in [0.25, 0.3) is 11.0 Å². The van der Waals surface area contributed by atoms with E-state index in [1.54, 1.807) is 0 Å². The van der Waals surface area contributed by atoms with Crippen molar-refractivity contribution >= 4 is 22.6 Å². The lowest BCUT2D eigenvalue weighted by molar-refractivity contribution is 0.509. The maximum absolute atomic E-state index is 6.29. The lowest BCUT2D eigenvalue weighted by atomic mass is 10.1. The molecular formula is C16H23ClN2. The molecule has 2 aromatic rings. The molecule has 0 bridgehead atoms. The summed E-state index contributed by atoms with van der Waals surface area (Å²) in [6.07, 6.45) is 2.41. The van der Waals surface area contributed by atoms with Crippen LogP contribution in [0.4, 0.5) is 0 Å². The molecule has 19 heavy (non-hydrogen) atoms. The van der Waals surface area contributed by atoms with Gasteiger partial charge in [0.25, 0.3) is 0 Å². The van der Waals surface area contributed by atoms with E-state index in [1.807, 2.05) is 6.92 Å². The molecule has 0 saturated heterocycles. The second kappa shape index (κ2) is 5.96. The van der Waals surface area contributed by atoms with Crippen molar-refractivity contribution in [3.05, 3.63) is 29.6 Å². The first kappa shape index (κ1) is 14.4. The highest BCUT2D eigenvalue weighted by Crippen LogP contribution is 2.27. The molecule has 104 valence electrons. The summed E-state index contributed by atoms with van der Waals surface area (Å²) < 4.78 is 2.29. The Balaban J connectivity index is 2.38. The Morgan fingerprint density at radius 2 is 2.00 bits per heavy atom. The third-order valence-corrected chi connectivity index (χ3v) is 3.72. The zero-order chi connectivity index (χ0) is 14.0. The van der Waals surface area contributed by atoms with Gasteiger partial charge >= 0.3 is 0 Å². The van der Waals surface area contributed by atoms with Crippen molar-refractivity contribution in [1.29, 1.82) is 0 Å². The Morgan fingerprint density at radius 1 is 1.26 bits per heavy atom. The third-order valence-electron chi connectivity index (χ3n) is 3.53. The Hall–Kier alpha value is -1.02. The number of rotatable bonds is 5. The second-order valence-electron chi connectivity index (χ2n) is 5.72. The highest BCUT2D eigenvalue weighted by molar-refractivity contribution is 6.20. The van der Waals surface area contributed by atoms with Crippen LogP contribution in [0.3, 0.4) is 0 Å². The van der Waals surface area contributed by atoms with Crippen LogP contribution in [-0.4, -0.2) is 9.55 Å². The maximum atomic E-state index is 6.29. The largest absolute Gasteiger partial charge is 0.327 e. The summed E-state index contributed by atoms with van der Waals surface area (Å²) >= 11 is 6.29. The van der Waals surface area contributed by atoms with Crippen molar-refractivity contribution in [2.24, 2.45) is 5.92 Å². The fourth-order valence-corrected chi connectivity index (χ4v) is 2.67. The summed E-state index contributed by atoms with van der Waals surface area (Å²) in [6.45, 7) is 9.64. The SMILES string of the molecule is Cc1cccc2c1nc(C(C)Cl)n2CCCC(C)C. The summed E-state index contributed by atoms with van der Waals surface area (Å²) in [7, 11) is 0. The van der Waals surface area contributed by atoms with Gasteiger partial charge in [-0.05, 0) is 44.2 Å². The van der Waals surface area contributed by atoms with Crippen molar-refractivity contribution in [2.75, 3.05) is 0 Å². The fraction of sp³-hybridized carbons (Fsp3) is 0.562. The number of aromatic nitrogens is 2. The number of para-hydroxylation sites is 1. The second-order valence-corrected chi connectivity index (χ2v) is 6.37. The van der Waals surface area contributed by atoms with Gasteiger partial charge in [0, 0.05) is 6.54 Å².